The summed E-state index contributed by atoms with van der Waals surface area (Å²) in [5.41, 5.74) is 5.60. The molecular weight excluding hydrogens is 212 g/mol. The molecule has 16 heavy (non-hydrogen) atoms. The van der Waals surface area contributed by atoms with Gasteiger partial charge in [0.05, 0.1) is 10.8 Å². The number of nitrogens with two attached hydrogens (primary N) is 1. The van der Waals surface area contributed by atoms with E-state index in [1.807, 2.05) is 0 Å². The minimum Gasteiger partial charge on any atom is -0.481 e. The van der Waals surface area contributed by atoms with Crippen molar-refractivity contribution in [2.45, 2.75) is 19.3 Å². The maximum atomic E-state index is 10.9. The van der Waals surface area contributed by atoms with E-state index < -0.39 is 16.8 Å². The lowest BCUT2D eigenvalue weighted by atomic mass is 9.96. The monoisotopic (exact) mass is 224 g/mol. The van der Waals surface area contributed by atoms with Crippen LogP contribution in [0.15, 0.2) is 18.2 Å². The zero-order chi connectivity index (χ0) is 12.3. The number of carboxylic acid groups (broad SMARTS) is 1. The van der Waals surface area contributed by atoms with Crippen molar-refractivity contribution in [1.82, 2.24) is 0 Å². The molecule has 0 radical (unpaired) electrons. The molecule has 1 atom stereocenters. The van der Waals surface area contributed by atoms with Gasteiger partial charge in [0.25, 0.3) is 5.69 Å². The third-order valence-electron chi connectivity index (χ3n) is 2.36. The van der Waals surface area contributed by atoms with E-state index in [0.717, 1.165) is 0 Å². The number of nitro benzene ring substituents is 1. The van der Waals surface area contributed by atoms with Gasteiger partial charge in [-0.3, -0.25) is 14.9 Å². The summed E-state index contributed by atoms with van der Waals surface area (Å²) in [6.07, 6.45) is 0.371. The highest BCUT2D eigenvalue weighted by molar-refractivity contribution is 5.77. The largest absolute Gasteiger partial charge is 0.481 e. The first-order valence-electron chi connectivity index (χ1n) is 4.74. The average Bonchev–Trinajstić information content (AvgIpc) is 2.20. The number of carbonyl (C=O) groups is 1. The highest BCUT2D eigenvalue weighted by Gasteiger charge is 2.21. The van der Waals surface area contributed by atoms with Crippen molar-refractivity contribution in [3.05, 3.63) is 33.9 Å². The van der Waals surface area contributed by atoms with Crippen molar-refractivity contribution >= 4 is 17.3 Å². The molecule has 6 nitrogen and oxygen atoms in total. The molecule has 1 aromatic carbocycles. The Morgan fingerprint density at radius 2 is 2.25 bits per heavy atom. The van der Waals surface area contributed by atoms with Crippen molar-refractivity contribution in [1.29, 1.82) is 0 Å². The van der Waals surface area contributed by atoms with E-state index in [1.54, 1.807) is 6.92 Å². The predicted molar refractivity (Wildman–Crippen MR) is 58.2 cm³/mol. The fourth-order valence-corrected chi connectivity index (χ4v) is 1.49. The number of aliphatic carboxylic acids is 1. The van der Waals surface area contributed by atoms with Crippen LogP contribution < -0.4 is 5.73 Å². The van der Waals surface area contributed by atoms with Crippen LogP contribution in [0.25, 0.3) is 0 Å². The summed E-state index contributed by atoms with van der Waals surface area (Å²) in [5, 5.41) is 19.6. The van der Waals surface area contributed by atoms with Gasteiger partial charge in [-0.05, 0) is 18.1 Å². The van der Waals surface area contributed by atoms with Gasteiger partial charge in [0.2, 0.25) is 0 Å². The number of rotatable bonds is 4. The lowest BCUT2D eigenvalue weighted by Crippen LogP contribution is -2.11. The molecule has 0 heterocycles. The number of benzene rings is 1. The van der Waals surface area contributed by atoms with Gasteiger partial charge in [0.15, 0.2) is 0 Å². The second-order valence-corrected chi connectivity index (χ2v) is 3.37. The lowest BCUT2D eigenvalue weighted by molar-refractivity contribution is -0.384. The number of nitrogens with zero attached hydrogens (tertiary/aromatic N) is 1. The summed E-state index contributed by atoms with van der Waals surface area (Å²) in [4.78, 5) is 20.9. The van der Waals surface area contributed by atoms with Crippen LogP contribution in [-0.2, 0) is 4.79 Å². The Balaban J connectivity index is 3.21. The Hall–Kier alpha value is -2.11. The minimum atomic E-state index is -0.999. The number of nitrogen functional groups attached to an aromatic ring is 1. The highest BCUT2D eigenvalue weighted by Crippen LogP contribution is 2.28. The topological polar surface area (TPSA) is 106 Å². The summed E-state index contributed by atoms with van der Waals surface area (Å²) in [6.45, 7) is 1.71. The Morgan fingerprint density at radius 1 is 1.62 bits per heavy atom. The molecule has 1 aromatic rings. The molecule has 0 aliphatic rings. The number of hydrogen-bond donors (Lipinski definition) is 2. The number of nitro groups is 1. The van der Waals surface area contributed by atoms with Crippen LogP contribution in [-0.4, -0.2) is 16.0 Å². The van der Waals surface area contributed by atoms with Crippen LogP contribution in [0.3, 0.4) is 0 Å². The molecule has 0 saturated heterocycles. The summed E-state index contributed by atoms with van der Waals surface area (Å²) >= 11 is 0. The Bertz CT molecular complexity index is 431. The molecule has 1 unspecified atom stereocenters. The Kier molecular flexibility index (Phi) is 3.44. The molecule has 0 fully saturated rings. The molecule has 3 N–H and O–H groups in total. The van der Waals surface area contributed by atoms with Crippen LogP contribution in [0.5, 0.6) is 0 Å². The molecule has 0 aliphatic carbocycles. The quantitative estimate of drug-likeness (QED) is 0.460. The van der Waals surface area contributed by atoms with Gasteiger partial charge in [0, 0.05) is 6.07 Å². The van der Waals surface area contributed by atoms with Crippen LogP contribution in [0, 0.1) is 10.1 Å². The van der Waals surface area contributed by atoms with E-state index in [4.69, 9.17) is 10.8 Å². The maximum Gasteiger partial charge on any atom is 0.310 e. The van der Waals surface area contributed by atoms with E-state index in [2.05, 4.69) is 0 Å². The van der Waals surface area contributed by atoms with Crippen LogP contribution in [0.2, 0.25) is 0 Å². The van der Waals surface area contributed by atoms with Gasteiger partial charge in [0.1, 0.15) is 5.69 Å². The minimum absolute atomic E-state index is 0.0361. The fraction of sp³-hybridized carbons (Fsp3) is 0.300. The zero-order valence-electron chi connectivity index (χ0n) is 8.71. The Labute approximate surface area is 91.8 Å². The zero-order valence-corrected chi connectivity index (χ0v) is 8.71. The van der Waals surface area contributed by atoms with E-state index in [-0.39, 0.29) is 11.4 Å². The van der Waals surface area contributed by atoms with Gasteiger partial charge in [-0.25, -0.2) is 0 Å². The number of carboxylic acids is 1. The maximum absolute atomic E-state index is 10.9. The van der Waals surface area contributed by atoms with E-state index >= 15 is 0 Å². The van der Waals surface area contributed by atoms with Gasteiger partial charge in [-0.1, -0.05) is 13.0 Å². The third-order valence-corrected chi connectivity index (χ3v) is 2.36. The standard InChI is InChI=1S/C10H12N2O4/c1-2-7(10(13)14)6-3-4-8(11)9(5-6)12(15)16/h3-5,7H,2,11H2,1H3,(H,13,14). The van der Waals surface area contributed by atoms with Gasteiger partial charge < -0.3 is 10.8 Å². The lowest BCUT2D eigenvalue weighted by Gasteiger charge is -2.10. The second kappa shape index (κ2) is 4.61. The van der Waals surface area contributed by atoms with Gasteiger partial charge in [-0.15, -0.1) is 0 Å². The first kappa shape index (κ1) is 12.0. The van der Waals surface area contributed by atoms with Crippen molar-refractivity contribution in [2.75, 3.05) is 5.73 Å². The molecule has 0 amide bonds. The summed E-state index contributed by atoms with van der Waals surface area (Å²) in [6, 6.07) is 4.08. The molecule has 1 rings (SSSR count). The van der Waals surface area contributed by atoms with Crippen molar-refractivity contribution < 1.29 is 14.8 Å². The molecule has 6 heteroatoms. The first-order chi connectivity index (χ1) is 7.47. The smallest absolute Gasteiger partial charge is 0.310 e. The van der Waals surface area contributed by atoms with Gasteiger partial charge >= 0.3 is 5.97 Å². The Morgan fingerprint density at radius 3 is 2.69 bits per heavy atom. The highest BCUT2D eigenvalue weighted by atomic mass is 16.6. The summed E-state index contributed by atoms with van der Waals surface area (Å²) in [7, 11) is 0. The fourth-order valence-electron chi connectivity index (χ4n) is 1.49. The molecular formula is C10H12N2O4. The number of anilines is 1. The second-order valence-electron chi connectivity index (χ2n) is 3.37. The van der Waals surface area contributed by atoms with Crippen molar-refractivity contribution in [2.24, 2.45) is 0 Å². The van der Waals surface area contributed by atoms with Crippen molar-refractivity contribution in [3.8, 4) is 0 Å². The molecule has 0 aromatic heterocycles. The molecule has 86 valence electrons. The molecule has 0 aliphatic heterocycles. The van der Waals surface area contributed by atoms with Crippen molar-refractivity contribution in [3.63, 3.8) is 0 Å². The normalized spacial score (nSPS) is 12.1. The van der Waals surface area contributed by atoms with Crippen LogP contribution in [0.4, 0.5) is 11.4 Å². The molecule has 0 spiro atoms. The SMILES string of the molecule is CCC(C(=O)O)c1ccc(N)c([N+](=O)[O-])c1. The third kappa shape index (κ3) is 2.28. The van der Waals surface area contributed by atoms with E-state index in [1.165, 1.54) is 18.2 Å². The predicted octanol–water partition coefficient (Wildman–Crippen LogP) is 1.76. The summed E-state index contributed by atoms with van der Waals surface area (Å²) in [5.74, 6) is -1.74. The van der Waals surface area contributed by atoms with Crippen LogP contribution in [0.1, 0.15) is 24.8 Å². The molecule has 0 saturated carbocycles. The first-order valence-corrected chi connectivity index (χ1v) is 4.74. The van der Waals surface area contributed by atoms with Gasteiger partial charge in [-0.2, -0.15) is 0 Å². The number of hydrogen-bond acceptors (Lipinski definition) is 4. The van der Waals surface area contributed by atoms with E-state index in [9.17, 15) is 14.9 Å². The average molecular weight is 224 g/mol. The van der Waals surface area contributed by atoms with E-state index in [0.29, 0.717) is 12.0 Å². The van der Waals surface area contributed by atoms with Crippen LogP contribution >= 0.6 is 0 Å². The molecule has 0 bridgehead atoms. The summed E-state index contributed by atoms with van der Waals surface area (Å²) < 4.78 is 0.